The molecule has 1 aromatic heterocycles. The van der Waals surface area contributed by atoms with Crippen LogP contribution in [0.5, 0.6) is 0 Å². The lowest BCUT2D eigenvalue weighted by molar-refractivity contribution is 0.944. The highest BCUT2D eigenvalue weighted by Gasteiger charge is 1.96. The summed E-state index contributed by atoms with van der Waals surface area (Å²) >= 11 is 0. The third-order valence-electron chi connectivity index (χ3n) is 1.50. The summed E-state index contributed by atoms with van der Waals surface area (Å²) in [6, 6.07) is 4.08. The van der Waals surface area contributed by atoms with Crippen molar-refractivity contribution in [3.8, 4) is 0 Å². The monoisotopic (exact) mass is 135 g/mol. The molecule has 0 aliphatic carbocycles. The first kappa shape index (κ1) is 7.26. The van der Waals surface area contributed by atoms with Crippen molar-refractivity contribution in [1.29, 1.82) is 0 Å². The first-order valence-corrected chi connectivity index (χ1v) is 3.46. The minimum absolute atomic E-state index is 0. The zero-order valence-electron chi connectivity index (χ0n) is 7.46. The standard InChI is InChI=1S/C9H12N.H/c1-7(2)9-5-4-8(3)10-6-9;/h4-7H,1H2,2-3H3;. The van der Waals surface area contributed by atoms with E-state index in [1.54, 1.807) is 0 Å². The Morgan fingerprint density at radius 2 is 2.30 bits per heavy atom. The van der Waals surface area contributed by atoms with Crippen molar-refractivity contribution in [1.82, 2.24) is 4.98 Å². The van der Waals surface area contributed by atoms with Crippen LogP contribution in [0.3, 0.4) is 0 Å². The van der Waals surface area contributed by atoms with E-state index in [1.165, 1.54) is 5.56 Å². The van der Waals surface area contributed by atoms with Crippen LogP contribution in [0.4, 0.5) is 0 Å². The Balaban J connectivity index is 0.000001000. The summed E-state index contributed by atoms with van der Waals surface area (Å²) in [6.07, 6.45) is 1.88. The van der Waals surface area contributed by atoms with Crippen molar-refractivity contribution < 1.29 is 1.43 Å². The molecule has 10 heavy (non-hydrogen) atoms. The third kappa shape index (κ3) is 1.56. The molecule has 0 saturated carbocycles. The zero-order chi connectivity index (χ0) is 7.56. The van der Waals surface area contributed by atoms with Crippen LogP contribution in [-0.4, -0.2) is 4.98 Å². The third-order valence-corrected chi connectivity index (χ3v) is 1.50. The maximum absolute atomic E-state index is 4.16. The lowest BCUT2D eigenvalue weighted by Crippen LogP contribution is -1.89. The first-order valence-electron chi connectivity index (χ1n) is 3.46. The van der Waals surface area contributed by atoms with Gasteiger partial charge in [-0.2, -0.15) is 0 Å². The fourth-order valence-corrected chi connectivity index (χ4v) is 0.771. The fourth-order valence-electron chi connectivity index (χ4n) is 0.771. The average molecular weight is 135 g/mol. The second-order valence-electron chi connectivity index (χ2n) is 2.63. The van der Waals surface area contributed by atoms with Gasteiger partial charge in [-0.1, -0.05) is 13.0 Å². The Kier molecular flexibility index (Phi) is 2.05. The van der Waals surface area contributed by atoms with Crippen molar-refractivity contribution in [2.45, 2.75) is 19.8 Å². The highest BCUT2D eigenvalue weighted by atomic mass is 14.7. The second-order valence-corrected chi connectivity index (χ2v) is 2.63. The SMILES string of the molecule is [CH2]C(C)c1ccc(C)nc1.[H]. The molecule has 0 aliphatic heterocycles. The maximum Gasteiger partial charge on any atom is 0.0372 e. The molecule has 2 radical (unpaired) electrons. The largest absolute Gasteiger partial charge is 0.261 e. The van der Waals surface area contributed by atoms with Gasteiger partial charge in [0.15, 0.2) is 0 Å². The van der Waals surface area contributed by atoms with Gasteiger partial charge in [-0.05, 0) is 31.4 Å². The fraction of sp³-hybridized carbons (Fsp3) is 0.333. The predicted octanol–water partition coefficient (Wildman–Crippen LogP) is 2.44. The van der Waals surface area contributed by atoms with Crippen LogP contribution < -0.4 is 0 Å². The molecule has 1 aromatic rings. The van der Waals surface area contributed by atoms with Gasteiger partial charge >= 0.3 is 0 Å². The van der Waals surface area contributed by atoms with E-state index < -0.39 is 0 Å². The minimum Gasteiger partial charge on any atom is -0.261 e. The number of nitrogens with zero attached hydrogens (tertiary/aromatic N) is 1. The van der Waals surface area contributed by atoms with Crippen LogP contribution in [-0.2, 0) is 0 Å². The van der Waals surface area contributed by atoms with Gasteiger partial charge in [-0.3, -0.25) is 4.98 Å². The average Bonchev–Trinajstić information content (AvgIpc) is 1.88. The van der Waals surface area contributed by atoms with Crippen molar-refractivity contribution in [3.05, 3.63) is 36.5 Å². The number of hydrogen-bond donors (Lipinski definition) is 0. The summed E-state index contributed by atoms with van der Waals surface area (Å²) < 4.78 is 0. The summed E-state index contributed by atoms with van der Waals surface area (Å²) in [7, 11) is 0. The number of hydrogen-bond acceptors (Lipinski definition) is 1. The minimum atomic E-state index is 0. The van der Waals surface area contributed by atoms with Crippen LogP contribution in [0.2, 0.25) is 0 Å². The predicted molar refractivity (Wildman–Crippen MR) is 43.9 cm³/mol. The molecule has 0 aromatic carbocycles. The van der Waals surface area contributed by atoms with Crippen LogP contribution in [0.1, 0.15) is 25.5 Å². The second kappa shape index (κ2) is 2.82. The Labute approximate surface area is 63.6 Å². The van der Waals surface area contributed by atoms with Crippen LogP contribution >= 0.6 is 0 Å². The van der Waals surface area contributed by atoms with Gasteiger partial charge in [0.25, 0.3) is 0 Å². The molecule has 1 unspecified atom stereocenters. The van der Waals surface area contributed by atoms with Gasteiger partial charge in [0.1, 0.15) is 0 Å². The van der Waals surface area contributed by atoms with E-state index in [0.717, 1.165) is 5.69 Å². The lowest BCUT2D eigenvalue weighted by Gasteiger charge is -2.02. The quantitative estimate of drug-likeness (QED) is 0.576. The summed E-state index contributed by atoms with van der Waals surface area (Å²) in [5, 5.41) is 0. The molecular weight excluding hydrogens is 122 g/mol. The number of aryl methyl sites for hydroxylation is 1. The van der Waals surface area contributed by atoms with Gasteiger partial charge in [0.2, 0.25) is 0 Å². The van der Waals surface area contributed by atoms with Gasteiger partial charge < -0.3 is 0 Å². The molecule has 0 spiro atoms. The highest BCUT2D eigenvalue weighted by molar-refractivity contribution is 5.17. The van der Waals surface area contributed by atoms with Crippen molar-refractivity contribution in [2.24, 2.45) is 0 Å². The molecule has 54 valence electrons. The van der Waals surface area contributed by atoms with Crippen LogP contribution in [0.25, 0.3) is 0 Å². The van der Waals surface area contributed by atoms with Crippen LogP contribution in [0.15, 0.2) is 18.3 Å². The molecule has 1 heterocycles. The van der Waals surface area contributed by atoms with Gasteiger partial charge in [0, 0.05) is 13.3 Å². The Morgan fingerprint density at radius 1 is 1.60 bits per heavy atom. The Morgan fingerprint density at radius 3 is 2.70 bits per heavy atom. The van der Waals surface area contributed by atoms with Crippen molar-refractivity contribution in [3.63, 3.8) is 0 Å². The molecule has 0 N–H and O–H groups in total. The van der Waals surface area contributed by atoms with Gasteiger partial charge in [-0.15, -0.1) is 0 Å². The molecule has 1 nitrogen and oxygen atoms in total. The molecule has 1 atom stereocenters. The highest BCUT2D eigenvalue weighted by Crippen LogP contribution is 2.11. The molecule has 0 saturated heterocycles. The molecule has 0 amide bonds. The number of pyridine rings is 1. The summed E-state index contributed by atoms with van der Waals surface area (Å²) in [6.45, 7) is 7.94. The lowest BCUT2D eigenvalue weighted by atomic mass is 10.1. The summed E-state index contributed by atoms with van der Waals surface area (Å²) in [5.41, 5.74) is 2.26. The molecule has 1 heteroatoms. The molecular formula is C9H13N. The van der Waals surface area contributed by atoms with E-state index in [-0.39, 0.29) is 1.43 Å². The zero-order valence-corrected chi connectivity index (χ0v) is 6.46. The summed E-state index contributed by atoms with van der Waals surface area (Å²) in [5.74, 6) is 0.341. The smallest absolute Gasteiger partial charge is 0.0372 e. The van der Waals surface area contributed by atoms with E-state index in [0.29, 0.717) is 5.92 Å². The molecule has 0 bridgehead atoms. The normalized spacial score (nSPS) is 10.4. The Bertz CT molecular complexity index is 203. The van der Waals surface area contributed by atoms with E-state index in [2.05, 4.69) is 24.9 Å². The van der Waals surface area contributed by atoms with Gasteiger partial charge in [-0.25, -0.2) is 0 Å². The van der Waals surface area contributed by atoms with Crippen LogP contribution in [0, 0.1) is 13.8 Å². The van der Waals surface area contributed by atoms with Crippen molar-refractivity contribution >= 4 is 0 Å². The molecule has 1 rings (SSSR count). The summed E-state index contributed by atoms with van der Waals surface area (Å²) in [4.78, 5) is 4.16. The van der Waals surface area contributed by atoms with Gasteiger partial charge in [0.05, 0.1) is 0 Å². The van der Waals surface area contributed by atoms with E-state index in [9.17, 15) is 0 Å². The molecule has 0 fully saturated rings. The van der Waals surface area contributed by atoms with Crippen molar-refractivity contribution in [2.75, 3.05) is 0 Å². The number of aromatic nitrogens is 1. The van der Waals surface area contributed by atoms with E-state index in [4.69, 9.17) is 0 Å². The van der Waals surface area contributed by atoms with E-state index in [1.807, 2.05) is 19.2 Å². The Hall–Kier alpha value is -0.850. The molecule has 0 aliphatic rings. The van der Waals surface area contributed by atoms with E-state index >= 15 is 0 Å². The maximum atomic E-state index is 4.16. The first-order chi connectivity index (χ1) is 4.70. The number of rotatable bonds is 1. The topological polar surface area (TPSA) is 12.9 Å².